The monoisotopic (exact) mass is 304 g/mol. The molecular weight excluding hydrogens is 280 g/mol. The smallest absolute Gasteiger partial charge is 0.409 e. The predicted molar refractivity (Wildman–Crippen MR) is 83.7 cm³/mol. The van der Waals surface area contributed by atoms with Crippen molar-refractivity contribution in [2.45, 2.75) is 25.6 Å². The summed E-state index contributed by atoms with van der Waals surface area (Å²) in [6.45, 7) is 7.02. The summed E-state index contributed by atoms with van der Waals surface area (Å²) in [7, 11) is 0. The molecule has 22 heavy (non-hydrogen) atoms. The molecule has 1 aromatic carbocycles. The van der Waals surface area contributed by atoms with Gasteiger partial charge in [0.15, 0.2) is 0 Å². The lowest BCUT2D eigenvalue weighted by molar-refractivity contribution is -0.0792. The number of hydrogen-bond acceptors (Lipinski definition) is 4. The van der Waals surface area contributed by atoms with Crippen LogP contribution < -0.4 is 0 Å². The van der Waals surface area contributed by atoms with Crippen LogP contribution in [0.1, 0.15) is 25.0 Å². The van der Waals surface area contributed by atoms with Crippen molar-refractivity contribution in [2.75, 3.05) is 39.3 Å². The maximum atomic E-state index is 11.4. The first kappa shape index (κ1) is 15.3. The van der Waals surface area contributed by atoms with Gasteiger partial charge in [0, 0.05) is 26.2 Å². The van der Waals surface area contributed by atoms with Crippen LogP contribution in [0.3, 0.4) is 0 Å². The van der Waals surface area contributed by atoms with Gasteiger partial charge in [0.2, 0.25) is 0 Å². The second kappa shape index (κ2) is 7.11. The summed E-state index contributed by atoms with van der Waals surface area (Å²) in [6.07, 6.45) is 1.18. The largest absolute Gasteiger partial charge is 0.448 e. The highest BCUT2D eigenvalue weighted by Gasteiger charge is 2.27. The van der Waals surface area contributed by atoms with Crippen molar-refractivity contribution in [1.82, 2.24) is 9.80 Å². The van der Waals surface area contributed by atoms with Crippen molar-refractivity contribution in [3.8, 4) is 0 Å². The number of morpholine rings is 1. The number of carbonyl (C=O) groups is 1. The van der Waals surface area contributed by atoms with Gasteiger partial charge in [0.25, 0.3) is 0 Å². The molecule has 2 aliphatic heterocycles. The van der Waals surface area contributed by atoms with Crippen molar-refractivity contribution in [1.29, 1.82) is 0 Å². The molecule has 0 aromatic heterocycles. The van der Waals surface area contributed by atoms with Crippen LogP contribution in [0.5, 0.6) is 0 Å². The first-order chi connectivity index (χ1) is 10.7. The maximum absolute atomic E-state index is 11.4. The Balaban J connectivity index is 1.49. The fourth-order valence-electron chi connectivity index (χ4n) is 3.19. The Morgan fingerprint density at radius 1 is 1.18 bits per heavy atom. The highest BCUT2D eigenvalue weighted by Crippen LogP contribution is 2.25. The average Bonchev–Trinajstić information content (AvgIpc) is 2.93. The summed E-state index contributed by atoms with van der Waals surface area (Å²) < 4.78 is 11.0. The molecule has 0 aliphatic carbocycles. The summed E-state index contributed by atoms with van der Waals surface area (Å²) >= 11 is 0. The minimum absolute atomic E-state index is 0.140. The number of amides is 1. The molecule has 5 nitrogen and oxygen atoms in total. The van der Waals surface area contributed by atoms with E-state index in [4.69, 9.17) is 9.47 Å². The summed E-state index contributed by atoms with van der Waals surface area (Å²) in [6, 6.07) is 10.4. The lowest BCUT2D eigenvalue weighted by Crippen LogP contribution is -2.43. The maximum Gasteiger partial charge on any atom is 0.409 e. The molecule has 2 fully saturated rings. The highest BCUT2D eigenvalue weighted by atomic mass is 16.6. The molecule has 0 bridgehead atoms. The van der Waals surface area contributed by atoms with Crippen molar-refractivity contribution < 1.29 is 14.3 Å². The third-order valence-electron chi connectivity index (χ3n) is 4.25. The van der Waals surface area contributed by atoms with E-state index in [1.165, 1.54) is 5.56 Å². The third kappa shape index (κ3) is 3.78. The van der Waals surface area contributed by atoms with Crippen LogP contribution in [0.15, 0.2) is 30.3 Å². The van der Waals surface area contributed by atoms with Gasteiger partial charge in [-0.25, -0.2) is 4.79 Å². The second-order valence-electron chi connectivity index (χ2n) is 6.06. The second-order valence-corrected chi connectivity index (χ2v) is 6.06. The highest BCUT2D eigenvalue weighted by molar-refractivity contribution is 5.69. The topological polar surface area (TPSA) is 42.0 Å². The lowest BCUT2D eigenvalue weighted by Gasteiger charge is -2.37. The first-order valence-electron chi connectivity index (χ1n) is 8.07. The van der Waals surface area contributed by atoms with E-state index in [1.807, 2.05) is 6.07 Å². The van der Waals surface area contributed by atoms with E-state index >= 15 is 0 Å². The molecule has 1 amide bonds. The number of benzene rings is 1. The molecule has 2 saturated heterocycles. The SMILES string of the molecule is C[C@@H]1CN(CCCN2CCOC2=O)C[C@H](c2ccccc2)O1. The van der Waals surface area contributed by atoms with Gasteiger partial charge in [-0.1, -0.05) is 30.3 Å². The van der Waals surface area contributed by atoms with E-state index in [0.29, 0.717) is 6.61 Å². The molecule has 2 atom stereocenters. The van der Waals surface area contributed by atoms with Crippen molar-refractivity contribution in [2.24, 2.45) is 0 Å². The van der Waals surface area contributed by atoms with Crippen LogP contribution in [-0.4, -0.2) is 61.3 Å². The van der Waals surface area contributed by atoms with E-state index in [-0.39, 0.29) is 18.3 Å². The van der Waals surface area contributed by atoms with Crippen LogP contribution in [0.4, 0.5) is 4.79 Å². The van der Waals surface area contributed by atoms with Gasteiger partial charge < -0.3 is 14.4 Å². The molecule has 0 saturated carbocycles. The standard InChI is InChI=1S/C17H24N2O3/c1-14-12-18(8-5-9-19-10-11-21-17(19)20)13-16(22-14)15-6-3-2-4-7-15/h2-4,6-7,14,16H,5,8-13H2,1H3/t14-,16-/m1/s1. The summed E-state index contributed by atoms with van der Waals surface area (Å²) in [5.41, 5.74) is 1.24. The zero-order valence-corrected chi connectivity index (χ0v) is 13.1. The molecule has 0 radical (unpaired) electrons. The van der Waals surface area contributed by atoms with Gasteiger partial charge in [0.05, 0.1) is 18.8 Å². The van der Waals surface area contributed by atoms with E-state index < -0.39 is 0 Å². The number of carbonyl (C=O) groups excluding carboxylic acids is 1. The van der Waals surface area contributed by atoms with Gasteiger partial charge in [-0.05, 0) is 18.9 Å². The molecule has 2 aliphatic rings. The van der Waals surface area contributed by atoms with Gasteiger partial charge in [-0.2, -0.15) is 0 Å². The van der Waals surface area contributed by atoms with Crippen LogP contribution in [0.2, 0.25) is 0 Å². The van der Waals surface area contributed by atoms with Crippen molar-refractivity contribution in [3.05, 3.63) is 35.9 Å². The number of hydrogen-bond donors (Lipinski definition) is 0. The average molecular weight is 304 g/mol. The molecular formula is C17H24N2O3. The fourth-order valence-corrected chi connectivity index (χ4v) is 3.19. The molecule has 0 unspecified atom stereocenters. The Labute approximate surface area is 131 Å². The zero-order valence-electron chi connectivity index (χ0n) is 13.1. The summed E-state index contributed by atoms with van der Waals surface area (Å²) in [5.74, 6) is 0. The first-order valence-corrected chi connectivity index (χ1v) is 8.07. The number of ether oxygens (including phenoxy) is 2. The molecule has 3 rings (SSSR count). The van der Waals surface area contributed by atoms with E-state index in [9.17, 15) is 4.79 Å². The molecule has 0 spiro atoms. The van der Waals surface area contributed by atoms with Crippen molar-refractivity contribution >= 4 is 6.09 Å². The Hall–Kier alpha value is -1.59. The minimum atomic E-state index is -0.169. The zero-order chi connectivity index (χ0) is 15.4. The van der Waals surface area contributed by atoms with Gasteiger partial charge in [0.1, 0.15) is 6.61 Å². The lowest BCUT2D eigenvalue weighted by atomic mass is 10.1. The normalized spacial score (nSPS) is 26.2. The molecule has 1 aromatic rings. The van der Waals surface area contributed by atoms with E-state index in [1.54, 1.807) is 4.90 Å². The van der Waals surface area contributed by atoms with Crippen LogP contribution >= 0.6 is 0 Å². The fraction of sp³-hybridized carbons (Fsp3) is 0.588. The van der Waals surface area contributed by atoms with Gasteiger partial charge in [-0.15, -0.1) is 0 Å². The molecule has 5 heteroatoms. The quantitative estimate of drug-likeness (QED) is 0.837. The molecule has 2 heterocycles. The molecule has 120 valence electrons. The van der Waals surface area contributed by atoms with Crippen LogP contribution in [-0.2, 0) is 9.47 Å². The van der Waals surface area contributed by atoms with Crippen LogP contribution in [0, 0.1) is 0 Å². The Bertz CT molecular complexity index is 494. The Morgan fingerprint density at radius 3 is 2.73 bits per heavy atom. The summed E-state index contributed by atoms with van der Waals surface area (Å²) in [5, 5.41) is 0. The molecule has 0 N–H and O–H groups in total. The summed E-state index contributed by atoms with van der Waals surface area (Å²) in [4.78, 5) is 15.6. The van der Waals surface area contributed by atoms with Gasteiger partial charge >= 0.3 is 6.09 Å². The predicted octanol–water partition coefficient (Wildman–Crippen LogP) is 2.29. The van der Waals surface area contributed by atoms with E-state index in [0.717, 1.165) is 39.1 Å². The van der Waals surface area contributed by atoms with E-state index in [2.05, 4.69) is 36.1 Å². The third-order valence-corrected chi connectivity index (χ3v) is 4.25. The number of rotatable bonds is 5. The number of nitrogens with zero attached hydrogens (tertiary/aromatic N) is 2. The van der Waals surface area contributed by atoms with Crippen molar-refractivity contribution in [3.63, 3.8) is 0 Å². The van der Waals surface area contributed by atoms with Gasteiger partial charge in [-0.3, -0.25) is 4.90 Å². The number of cyclic esters (lactones) is 1. The van der Waals surface area contributed by atoms with Crippen LogP contribution in [0.25, 0.3) is 0 Å². The minimum Gasteiger partial charge on any atom is -0.448 e. The Kier molecular flexibility index (Phi) is 4.95. The Morgan fingerprint density at radius 2 is 2.00 bits per heavy atom.